The van der Waals surface area contributed by atoms with Crippen LogP contribution in [0.4, 0.5) is 0 Å². The summed E-state index contributed by atoms with van der Waals surface area (Å²) >= 11 is 0. The summed E-state index contributed by atoms with van der Waals surface area (Å²) in [5.41, 5.74) is 1.80. The molecule has 3 heterocycles. The third-order valence-corrected chi connectivity index (χ3v) is 12.8. The molecule has 14 heteroatoms. The highest BCUT2D eigenvalue weighted by atomic mass is 16.5. The number of hydrogen-bond acceptors (Lipinski definition) is 11. The van der Waals surface area contributed by atoms with Crippen LogP contribution < -0.4 is 20.9 Å². The average molecular weight is 908 g/mol. The average Bonchev–Trinajstić information content (AvgIpc) is 3.83. The fraction of sp³-hybridized carbons (Fsp3) is 0.321. The van der Waals surface area contributed by atoms with Gasteiger partial charge in [0.15, 0.2) is 6.61 Å². The van der Waals surface area contributed by atoms with Crippen LogP contribution >= 0.6 is 0 Å². The summed E-state index contributed by atoms with van der Waals surface area (Å²) in [6.07, 6.45) is 2.13. The van der Waals surface area contributed by atoms with E-state index in [0.717, 1.165) is 38.0 Å². The number of aliphatic hydroxyl groups is 2. The van der Waals surface area contributed by atoms with E-state index in [0.29, 0.717) is 60.3 Å². The zero-order valence-electron chi connectivity index (χ0n) is 37.3. The van der Waals surface area contributed by atoms with Gasteiger partial charge in [0, 0.05) is 54.8 Å². The van der Waals surface area contributed by atoms with Gasteiger partial charge in [-0.1, -0.05) is 91.0 Å². The molecule has 0 aliphatic carbocycles. The molecule has 3 atom stereocenters. The van der Waals surface area contributed by atoms with Gasteiger partial charge in [0.25, 0.3) is 11.8 Å². The fourth-order valence-corrected chi connectivity index (χ4v) is 8.91. The lowest BCUT2D eigenvalue weighted by Crippen LogP contribution is -2.40. The first-order chi connectivity index (χ1) is 32.5. The predicted octanol–water partition coefficient (Wildman–Crippen LogP) is 5.20. The molecule has 14 nitrogen and oxygen atoms in total. The van der Waals surface area contributed by atoms with Crippen LogP contribution in [0.2, 0.25) is 0 Å². The number of benzene rings is 5. The van der Waals surface area contributed by atoms with Crippen LogP contribution in [0.25, 0.3) is 10.9 Å². The summed E-state index contributed by atoms with van der Waals surface area (Å²) in [5.74, 6) is -0.852. The van der Waals surface area contributed by atoms with E-state index in [1.165, 1.54) is 17.7 Å². The molecule has 2 aliphatic heterocycles. The van der Waals surface area contributed by atoms with Crippen molar-refractivity contribution in [2.45, 2.75) is 50.0 Å². The lowest BCUT2D eigenvalue weighted by molar-refractivity contribution is -0.164. The number of aliphatic hydroxyl groups excluding tert-OH is 1. The Morgan fingerprint density at radius 3 is 2.30 bits per heavy atom. The first-order valence-corrected chi connectivity index (χ1v) is 22.9. The number of esters is 1. The van der Waals surface area contributed by atoms with Gasteiger partial charge < -0.3 is 45.3 Å². The summed E-state index contributed by atoms with van der Waals surface area (Å²) in [5, 5.41) is 40.0. The largest absolute Gasteiger partial charge is 0.506 e. The number of likely N-dealkylation sites (tertiary alicyclic amines) is 2. The van der Waals surface area contributed by atoms with Gasteiger partial charge in [-0.15, -0.1) is 0 Å². The molecule has 0 radical (unpaired) electrons. The molecule has 2 aliphatic rings. The maximum atomic E-state index is 13.9. The van der Waals surface area contributed by atoms with Gasteiger partial charge in [-0.2, -0.15) is 0 Å². The van der Waals surface area contributed by atoms with Crippen LogP contribution in [-0.2, 0) is 32.9 Å². The molecule has 5 aromatic carbocycles. The Morgan fingerprint density at radius 2 is 1.54 bits per heavy atom. The lowest BCUT2D eigenvalue weighted by atomic mass is 9.86. The number of carbonyl (C=O) groups excluding carboxylic acids is 3. The first kappa shape index (κ1) is 46.7. The third-order valence-electron chi connectivity index (χ3n) is 12.8. The van der Waals surface area contributed by atoms with Gasteiger partial charge in [-0.05, 0) is 110 Å². The first-order valence-electron chi connectivity index (χ1n) is 22.9. The molecule has 0 bridgehead atoms. The van der Waals surface area contributed by atoms with Crippen molar-refractivity contribution >= 4 is 28.7 Å². The Kier molecular flexibility index (Phi) is 15.1. The number of aromatic hydroxyl groups is 1. The number of fused-ring (bicyclic) bond motifs is 1. The van der Waals surface area contributed by atoms with E-state index in [-0.39, 0.29) is 65.9 Å². The molecule has 2 fully saturated rings. The van der Waals surface area contributed by atoms with Crippen molar-refractivity contribution in [3.05, 3.63) is 177 Å². The van der Waals surface area contributed by atoms with Crippen molar-refractivity contribution in [3.8, 4) is 11.5 Å². The summed E-state index contributed by atoms with van der Waals surface area (Å²) in [6.45, 7) is 4.20. The zero-order chi connectivity index (χ0) is 46.8. The summed E-state index contributed by atoms with van der Waals surface area (Å²) < 4.78 is 11.8. The van der Waals surface area contributed by atoms with Crippen molar-refractivity contribution < 1.29 is 39.2 Å². The van der Waals surface area contributed by atoms with Gasteiger partial charge in [0.2, 0.25) is 11.2 Å². The van der Waals surface area contributed by atoms with E-state index in [2.05, 4.69) is 32.7 Å². The maximum absolute atomic E-state index is 13.9. The summed E-state index contributed by atoms with van der Waals surface area (Å²) in [7, 11) is 0. The standard InChI is InChI=1S/C53H57N5O9/c59-46-20-18-44(45-19-21-48(61)56-50(45)46)47(60)31-54-26-22-36-14-16-39(17-15-36)51(63)55-42-25-29-58(33-42)49(62)35-66-43-13-7-12-41(30-43)53(65,40-10-5-2-6-11-40)52(64)67-34-38-23-27-57(28-24-38)32-37-8-3-1-4-9-37/h1-21,30,38,42,47,54,59-60,65H,22-29,31-35H2,(H,55,63)(H,56,61)/t42-,47+,53+/m1/s1. The minimum atomic E-state index is -2.11. The summed E-state index contributed by atoms with van der Waals surface area (Å²) in [4.78, 5) is 58.8. The monoisotopic (exact) mass is 907 g/mol. The van der Waals surface area contributed by atoms with Crippen LogP contribution in [0.5, 0.6) is 11.5 Å². The Balaban J connectivity index is 0.781. The van der Waals surface area contributed by atoms with Crippen molar-refractivity contribution in [2.24, 2.45) is 5.92 Å². The van der Waals surface area contributed by atoms with Gasteiger partial charge >= 0.3 is 5.97 Å². The van der Waals surface area contributed by atoms with Crippen LogP contribution in [-0.4, -0.2) is 106 Å². The predicted molar refractivity (Wildman–Crippen MR) is 253 cm³/mol. The Hall–Kier alpha value is -6.84. The number of carbonyl (C=O) groups is 3. The van der Waals surface area contributed by atoms with Crippen LogP contribution in [0, 0.1) is 5.92 Å². The Bertz CT molecular complexity index is 2690. The molecular weight excluding hydrogens is 851 g/mol. The number of ether oxygens (including phenoxy) is 2. The molecular formula is C53H57N5O9. The fourth-order valence-electron chi connectivity index (χ4n) is 8.91. The molecule has 2 amide bonds. The minimum absolute atomic E-state index is 0.0648. The van der Waals surface area contributed by atoms with E-state index in [4.69, 9.17) is 9.47 Å². The lowest BCUT2D eigenvalue weighted by Gasteiger charge is -2.33. The maximum Gasteiger partial charge on any atom is 0.347 e. The normalized spacial score (nSPS) is 16.9. The number of nitrogens with one attached hydrogen (secondary N) is 3. The molecule has 6 aromatic rings. The highest BCUT2D eigenvalue weighted by molar-refractivity contribution is 5.94. The van der Waals surface area contributed by atoms with Gasteiger partial charge in [0.05, 0.1) is 18.2 Å². The number of rotatable bonds is 18. The number of nitrogens with zero attached hydrogens (tertiary/aromatic N) is 2. The minimum Gasteiger partial charge on any atom is -0.506 e. The second-order valence-corrected chi connectivity index (χ2v) is 17.4. The smallest absolute Gasteiger partial charge is 0.347 e. The Morgan fingerprint density at radius 1 is 0.806 bits per heavy atom. The van der Waals surface area contributed by atoms with Gasteiger partial charge in [-0.3, -0.25) is 19.3 Å². The highest BCUT2D eigenvalue weighted by Gasteiger charge is 2.42. The second-order valence-electron chi connectivity index (χ2n) is 17.4. The molecule has 2 saturated heterocycles. The van der Waals surface area contributed by atoms with E-state index >= 15 is 0 Å². The van der Waals surface area contributed by atoms with Crippen molar-refractivity contribution in [1.29, 1.82) is 0 Å². The number of hydrogen-bond donors (Lipinski definition) is 6. The van der Waals surface area contributed by atoms with Crippen LogP contribution in [0.3, 0.4) is 0 Å². The van der Waals surface area contributed by atoms with Crippen molar-refractivity contribution in [3.63, 3.8) is 0 Å². The number of aromatic amines is 1. The SMILES string of the molecule is O=C(N[C@@H]1CCN(C(=O)COc2cccc([C@](O)(C(=O)OCC3CCN(Cc4ccccc4)CC3)c3ccccc3)c2)C1)c1ccc(CCNC[C@H](O)c2ccc(O)c3[nH]c(=O)ccc23)cc1. The number of pyridine rings is 1. The van der Waals surface area contributed by atoms with E-state index < -0.39 is 17.7 Å². The molecule has 0 spiro atoms. The highest BCUT2D eigenvalue weighted by Crippen LogP contribution is 2.34. The zero-order valence-corrected chi connectivity index (χ0v) is 37.3. The quantitative estimate of drug-likeness (QED) is 0.0491. The number of phenols is 1. The van der Waals surface area contributed by atoms with E-state index in [1.54, 1.807) is 77.7 Å². The molecule has 8 rings (SSSR count). The number of aromatic nitrogens is 1. The van der Waals surface area contributed by atoms with Crippen molar-refractivity contribution in [1.82, 2.24) is 25.4 Å². The molecule has 67 heavy (non-hydrogen) atoms. The van der Waals surface area contributed by atoms with E-state index in [9.17, 15) is 34.5 Å². The Labute approximate surface area is 389 Å². The second kappa shape index (κ2) is 21.6. The van der Waals surface area contributed by atoms with Crippen LogP contribution in [0.1, 0.15) is 63.5 Å². The molecule has 6 N–H and O–H groups in total. The number of H-pyrrole nitrogens is 1. The topological polar surface area (TPSA) is 194 Å². The number of amides is 2. The van der Waals surface area contributed by atoms with Gasteiger partial charge in [-0.25, -0.2) is 4.79 Å². The van der Waals surface area contributed by atoms with E-state index in [1.807, 2.05) is 36.4 Å². The van der Waals surface area contributed by atoms with Gasteiger partial charge in [0.1, 0.15) is 11.5 Å². The van der Waals surface area contributed by atoms with Crippen molar-refractivity contribution in [2.75, 3.05) is 52.5 Å². The molecule has 1 aromatic heterocycles. The molecule has 348 valence electrons. The summed E-state index contributed by atoms with van der Waals surface area (Å²) in [6, 6.07) is 38.7. The van der Waals surface area contributed by atoms with Crippen LogP contribution in [0.15, 0.2) is 138 Å². The number of piperidine rings is 1. The third kappa shape index (κ3) is 11.6. The molecule has 0 unspecified atom stereocenters. The number of phenolic OH excluding ortho intramolecular Hbond substituents is 1. The molecule has 0 saturated carbocycles.